The van der Waals surface area contributed by atoms with Crippen LogP contribution in [0.3, 0.4) is 0 Å². The molecule has 102 valence electrons. The molecule has 0 saturated heterocycles. The van der Waals surface area contributed by atoms with Gasteiger partial charge in [0.25, 0.3) is 0 Å². The van der Waals surface area contributed by atoms with Gasteiger partial charge in [0.15, 0.2) is 15.7 Å². The Balaban J connectivity index is 2.83. The molecule has 0 amide bonds. The second-order valence-corrected chi connectivity index (χ2v) is 7.53. The molecule has 0 saturated carbocycles. The minimum absolute atomic E-state index is 0.107. The molecule has 1 heterocycles. The van der Waals surface area contributed by atoms with E-state index in [1.54, 1.807) is 6.92 Å². The number of rotatable bonds is 4. The van der Waals surface area contributed by atoms with E-state index in [1.165, 1.54) is 5.54 Å². The molecule has 0 bridgehead atoms. The zero-order valence-electron chi connectivity index (χ0n) is 10.9. The van der Waals surface area contributed by atoms with Crippen LogP contribution in [-0.2, 0) is 21.0 Å². The molecule has 0 aliphatic rings. The lowest BCUT2D eigenvalue weighted by atomic mass is 9.96. The molecule has 0 aromatic carbocycles. The molecule has 5 nitrogen and oxygen atoms in total. The van der Waals surface area contributed by atoms with E-state index >= 15 is 0 Å². The topological polar surface area (TPSA) is 73.1 Å². The van der Waals surface area contributed by atoms with Crippen molar-refractivity contribution in [2.45, 2.75) is 38.9 Å². The van der Waals surface area contributed by atoms with Crippen molar-refractivity contribution in [3.05, 3.63) is 22.8 Å². The van der Waals surface area contributed by atoms with Gasteiger partial charge in [-0.2, -0.15) is 4.98 Å². The summed E-state index contributed by atoms with van der Waals surface area (Å²) in [7, 11) is -3.33. The first-order valence-electron chi connectivity index (χ1n) is 5.43. The van der Waals surface area contributed by atoms with Gasteiger partial charge in [-0.15, -0.1) is 0 Å². The van der Waals surface area contributed by atoms with Crippen LogP contribution in [0.2, 0.25) is 0 Å². The first-order valence-corrected chi connectivity index (χ1v) is 7.69. The zero-order valence-corrected chi connectivity index (χ0v) is 12.5. The average Bonchev–Trinajstić information content (AvgIpc) is 2.63. The number of nitrogens with zero attached hydrogens (tertiary/aromatic N) is 2. The van der Waals surface area contributed by atoms with Crippen LogP contribution in [-0.4, -0.2) is 24.3 Å². The van der Waals surface area contributed by atoms with Crippen molar-refractivity contribution in [3.63, 3.8) is 0 Å². The third-order valence-electron chi connectivity index (χ3n) is 2.12. The molecule has 1 aromatic heterocycles. The number of hydrogen-bond donors (Lipinski definition) is 0. The van der Waals surface area contributed by atoms with Gasteiger partial charge in [0.2, 0.25) is 5.89 Å². The summed E-state index contributed by atoms with van der Waals surface area (Å²) in [4.78, 5) is 4.09. The van der Waals surface area contributed by atoms with E-state index < -0.39 is 9.84 Å². The Bertz CT molecular complexity index is 541. The zero-order chi connectivity index (χ0) is 14.0. The SMILES string of the molecule is CC(=CCl)CS(=O)(=O)Cc1nc(C(C)(C)C)no1. The van der Waals surface area contributed by atoms with Crippen molar-refractivity contribution in [1.29, 1.82) is 0 Å². The normalized spacial score (nSPS) is 13.9. The molecule has 7 heteroatoms. The largest absolute Gasteiger partial charge is 0.338 e. The molecule has 0 spiro atoms. The predicted octanol–water partition coefficient (Wildman–Crippen LogP) is 2.42. The quantitative estimate of drug-likeness (QED) is 0.852. The summed E-state index contributed by atoms with van der Waals surface area (Å²) in [5, 5.41) is 3.78. The van der Waals surface area contributed by atoms with Gasteiger partial charge in [-0.05, 0) is 12.5 Å². The first-order chi connectivity index (χ1) is 8.14. The molecular weight excluding hydrogens is 276 g/mol. The molecule has 0 fully saturated rings. The van der Waals surface area contributed by atoms with Crippen LogP contribution in [0.25, 0.3) is 0 Å². The van der Waals surface area contributed by atoms with E-state index in [0.29, 0.717) is 11.4 Å². The number of aromatic nitrogens is 2. The highest BCUT2D eigenvalue weighted by molar-refractivity contribution is 7.90. The second kappa shape index (κ2) is 5.40. The lowest BCUT2D eigenvalue weighted by Crippen LogP contribution is -2.14. The Kier molecular flexibility index (Phi) is 4.55. The van der Waals surface area contributed by atoms with Crippen LogP contribution in [0.4, 0.5) is 0 Å². The lowest BCUT2D eigenvalue weighted by molar-refractivity contribution is 0.371. The van der Waals surface area contributed by atoms with Gasteiger partial charge in [0.05, 0.1) is 5.75 Å². The molecule has 0 aliphatic carbocycles. The molecule has 0 unspecified atom stereocenters. The van der Waals surface area contributed by atoms with E-state index in [-0.39, 0.29) is 22.8 Å². The fourth-order valence-corrected chi connectivity index (χ4v) is 2.78. The van der Waals surface area contributed by atoms with Crippen LogP contribution >= 0.6 is 11.6 Å². The highest BCUT2D eigenvalue weighted by atomic mass is 35.5. The van der Waals surface area contributed by atoms with E-state index in [2.05, 4.69) is 10.1 Å². The molecular formula is C11H17ClN2O3S. The van der Waals surface area contributed by atoms with Crippen LogP contribution in [0.15, 0.2) is 15.6 Å². The Hall–Kier alpha value is -0.880. The maximum absolute atomic E-state index is 11.8. The molecule has 0 radical (unpaired) electrons. The molecule has 0 N–H and O–H groups in total. The maximum atomic E-state index is 11.8. The fraction of sp³-hybridized carbons (Fsp3) is 0.636. The Labute approximate surface area is 112 Å². The van der Waals surface area contributed by atoms with Gasteiger partial charge < -0.3 is 4.52 Å². The fourth-order valence-electron chi connectivity index (χ4n) is 1.24. The van der Waals surface area contributed by atoms with E-state index in [9.17, 15) is 8.42 Å². The van der Waals surface area contributed by atoms with Gasteiger partial charge in [0, 0.05) is 11.0 Å². The smallest absolute Gasteiger partial charge is 0.241 e. The summed E-state index contributed by atoms with van der Waals surface area (Å²) in [6.45, 7) is 7.43. The summed E-state index contributed by atoms with van der Waals surface area (Å²) >= 11 is 5.45. The molecule has 0 aliphatic heterocycles. The molecule has 1 rings (SSSR count). The monoisotopic (exact) mass is 292 g/mol. The van der Waals surface area contributed by atoms with Crippen molar-refractivity contribution >= 4 is 21.4 Å². The molecule has 0 atom stereocenters. The van der Waals surface area contributed by atoms with Crippen molar-refractivity contribution in [3.8, 4) is 0 Å². The minimum atomic E-state index is -3.33. The summed E-state index contributed by atoms with van der Waals surface area (Å²) < 4.78 is 28.6. The van der Waals surface area contributed by atoms with E-state index in [1.807, 2.05) is 20.8 Å². The highest BCUT2D eigenvalue weighted by Crippen LogP contribution is 2.19. The lowest BCUT2D eigenvalue weighted by Gasteiger charge is -2.10. The van der Waals surface area contributed by atoms with Gasteiger partial charge in [-0.1, -0.05) is 37.5 Å². The van der Waals surface area contributed by atoms with Gasteiger partial charge in [-0.25, -0.2) is 8.42 Å². The summed E-state index contributed by atoms with van der Waals surface area (Å²) in [5.74, 6) is 0.238. The third kappa shape index (κ3) is 4.42. The van der Waals surface area contributed by atoms with E-state index in [4.69, 9.17) is 16.1 Å². The number of halogens is 1. The van der Waals surface area contributed by atoms with Crippen molar-refractivity contribution < 1.29 is 12.9 Å². The Morgan fingerprint density at radius 2 is 2.06 bits per heavy atom. The van der Waals surface area contributed by atoms with Crippen molar-refractivity contribution in [2.75, 3.05) is 5.75 Å². The molecule has 18 heavy (non-hydrogen) atoms. The third-order valence-corrected chi connectivity index (χ3v) is 4.07. The Morgan fingerprint density at radius 3 is 2.50 bits per heavy atom. The van der Waals surface area contributed by atoms with Crippen molar-refractivity contribution in [1.82, 2.24) is 10.1 Å². The summed E-state index contributed by atoms with van der Waals surface area (Å²) in [5.41, 5.74) is 1.57. The second-order valence-electron chi connectivity index (χ2n) is 5.25. The minimum Gasteiger partial charge on any atom is -0.338 e. The van der Waals surface area contributed by atoms with Gasteiger partial charge >= 0.3 is 0 Å². The van der Waals surface area contributed by atoms with Crippen LogP contribution in [0.5, 0.6) is 0 Å². The van der Waals surface area contributed by atoms with Crippen LogP contribution in [0.1, 0.15) is 39.4 Å². The maximum Gasteiger partial charge on any atom is 0.241 e. The number of sulfone groups is 1. The van der Waals surface area contributed by atoms with Crippen molar-refractivity contribution in [2.24, 2.45) is 0 Å². The summed E-state index contributed by atoms with van der Waals surface area (Å²) in [6.07, 6.45) is 0. The first kappa shape index (κ1) is 15.2. The predicted molar refractivity (Wildman–Crippen MR) is 70.1 cm³/mol. The van der Waals surface area contributed by atoms with Gasteiger partial charge in [-0.3, -0.25) is 0 Å². The average molecular weight is 293 g/mol. The summed E-state index contributed by atoms with van der Waals surface area (Å²) in [6, 6.07) is 0. The van der Waals surface area contributed by atoms with Crippen LogP contribution in [0, 0.1) is 0 Å². The number of hydrogen-bond acceptors (Lipinski definition) is 5. The van der Waals surface area contributed by atoms with Gasteiger partial charge in [0.1, 0.15) is 5.75 Å². The molecule has 1 aromatic rings. The Morgan fingerprint density at radius 1 is 1.44 bits per heavy atom. The standard InChI is InChI=1S/C11H17ClN2O3S/c1-8(5-12)6-18(15,16)7-9-13-10(14-17-9)11(2,3)4/h5H,6-7H2,1-4H3. The highest BCUT2D eigenvalue weighted by Gasteiger charge is 2.23. The van der Waals surface area contributed by atoms with E-state index in [0.717, 1.165) is 0 Å². The van der Waals surface area contributed by atoms with Crippen LogP contribution < -0.4 is 0 Å².